The first kappa shape index (κ1) is 23.1. The van der Waals surface area contributed by atoms with Crippen LogP contribution in [0.4, 0.5) is 0 Å². The van der Waals surface area contributed by atoms with E-state index in [4.69, 9.17) is 5.73 Å². The van der Waals surface area contributed by atoms with Crippen LogP contribution >= 0.6 is 0 Å². The third-order valence-corrected chi connectivity index (χ3v) is 6.52. The molecule has 138 valence electrons. The van der Waals surface area contributed by atoms with Gasteiger partial charge in [0.25, 0.3) is 0 Å². The van der Waals surface area contributed by atoms with Crippen molar-refractivity contribution in [2.24, 2.45) is 11.1 Å². The zero-order chi connectivity index (χ0) is 19.8. The average Bonchev–Trinajstić information content (AvgIpc) is 2.79. The lowest BCUT2D eigenvalue weighted by Crippen LogP contribution is -2.27. The van der Waals surface area contributed by atoms with Crippen molar-refractivity contribution in [2.45, 2.75) is 53.3 Å². The Hall–Kier alpha value is -1.87. The van der Waals surface area contributed by atoms with E-state index in [1.165, 1.54) is 11.1 Å². The van der Waals surface area contributed by atoms with Crippen molar-refractivity contribution < 1.29 is 4.79 Å². The second-order valence-electron chi connectivity index (χ2n) is 7.70. The monoisotopic (exact) mass is 357 g/mol. The van der Waals surface area contributed by atoms with Crippen LogP contribution in [0, 0.1) is 5.41 Å². The Bertz CT molecular complexity index is 630. The standard InChI is InChI=1S/C13H18Si.C5H11NO.C4H6/c1-9-10(2)13(14(3)4)12-8-6-5-7-11(9)12;1-5(2,3)4(6)7;1-3-4-2/h5-8,13-14H,1-4H3;1-3H3,(H2,6,7);3-4H,1-2H2. The first-order chi connectivity index (χ1) is 11.5. The van der Waals surface area contributed by atoms with Gasteiger partial charge in [-0.2, -0.15) is 0 Å². The van der Waals surface area contributed by atoms with Crippen molar-refractivity contribution in [3.63, 3.8) is 0 Å². The summed E-state index contributed by atoms with van der Waals surface area (Å²) in [7, 11) is -0.614. The first-order valence-electron chi connectivity index (χ1n) is 8.79. The summed E-state index contributed by atoms with van der Waals surface area (Å²) in [5, 5.41) is 0. The van der Waals surface area contributed by atoms with Gasteiger partial charge in [0, 0.05) is 14.2 Å². The van der Waals surface area contributed by atoms with E-state index in [9.17, 15) is 4.79 Å². The fraction of sp³-hybridized carbons (Fsp3) is 0.409. The molecule has 1 amide bonds. The largest absolute Gasteiger partial charge is 0.369 e. The third-order valence-electron chi connectivity index (χ3n) is 4.33. The van der Waals surface area contributed by atoms with E-state index in [0.29, 0.717) is 0 Å². The Balaban J connectivity index is 0.000000442. The fourth-order valence-corrected chi connectivity index (χ4v) is 4.91. The number of primary amides is 1. The predicted molar refractivity (Wildman–Crippen MR) is 115 cm³/mol. The normalized spacial score (nSPS) is 15.4. The summed E-state index contributed by atoms with van der Waals surface area (Å²) in [6, 6.07) is 8.91. The molecule has 2 nitrogen and oxygen atoms in total. The second-order valence-corrected chi connectivity index (χ2v) is 10.9. The number of allylic oxidation sites excluding steroid dienone is 4. The maximum atomic E-state index is 10.2. The number of amides is 1. The van der Waals surface area contributed by atoms with Crippen LogP contribution in [0.5, 0.6) is 0 Å². The van der Waals surface area contributed by atoms with Crippen molar-refractivity contribution in [3.8, 4) is 0 Å². The molecule has 1 aliphatic carbocycles. The molecule has 3 heteroatoms. The van der Waals surface area contributed by atoms with Gasteiger partial charge in [0.2, 0.25) is 5.91 Å². The molecule has 1 aromatic carbocycles. The van der Waals surface area contributed by atoms with Gasteiger partial charge in [0.05, 0.1) is 0 Å². The average molecular weight is 358 g/mol. The number of nitrogens with two attached hydrogens (primary N) is 1. The van der Waals surface area contributed by atoms with E-state index < -0.39 is 8.80 Å². The molecule has 2 rings (SSSR count). The van der Waals surface area contributed by atoms with Gasteiger partial charge >= 0.3 is 0 Å². The molecule has 25 heavy (non-hydrogen) atoms. The van der Waals surface area contributed by atoms with Gasteiger partial charge in [-0.1, -0.05) is 89.0 Å². The Morgan fingerprint density at radius 1 is 1.12 bits per heavy atom. The van der Waals surface area contributed by atoms with Gasteiger partial charge in [0.1, 0.15) is 0 Å². The highest BCUT2D eigenvalue weighted by atomic mass is 28.3. The molecule has 1 aliphatic rings. The van der Waals surface area contributed by atoms with Crippen molar-refractivity contribution >= 4 is 20.3 Å². The van der Waals surface area contributed by atoms with E-state index in [2.05, 4.69) is 64.4 Å². The molecule has 0 saturated heterocycles. The number of carbonyl (C=O) groups is 1. The molecule has 0 bridgehead atoms. The molecule has 0 spiro atoms. The number of carbonyl (C=O) groups excluding carboxylic acids is 1. The van der Waals surface area contributed by atoms with Gasteiger partial charge in [-0.05, 0) is 36.1 Å². The van der Waals surface area contributed by atoms with Crippen LogP contribution in [0.2, 0.25) is 13.1 Å². The molecule has 2 N–H and O–H groups in total. The van der Waals surface area contributed by atoms with Crippen LogP contribution in [0.3, 0.4) is 0 Å². The van der Waals surface area contributed by atoms with E-state index in [1.807, 2.05) is 0 Å². The zero-order valence-corrected chi connectivity index (χ0v) is 18.2. The van der Waals surface area contributed by atoms with Crippen LogP contribution < -0.4 is 5.73 Å². The van der Waals surface area contributed by atoms with Crippen molar-refractivity contribution in [1.29, 1.82) is 0 Å². The van der Waals surface area contributed by atoms with E-state index in [0.717, 1.165) is 5.54 Å². The number of rotatable bonds is 2. The fourth-order valence-electron chi connectivity index (χ4n) is 2.65. The molecule has 0 aromatic heterocycles. The topological polar surface area (TPSA) is 43.1 Å². The molecule has 1 aromatic rings. The highest BCUT2D eigenvalue weighted by Crippen LogP contribution is 2.42. The summed E-state index contributed by atoms with van der Waals surface area (Å²) >= 11 is 0. The molecule has 0 saturated carbocycles. The van der Waals surface area contributed by atoms with E-state index in [1.54, 1.807) is 44.1 Å². The molecule has 0 aliphatic heterocycles. The van der Waals surface area contributed by atoms with Crippen molar-refractivity contribution in [3.05, 3.63) is 66.3 Å². The Morgan fingerprint density at radius 2 is 1.56 bits per heavy atom. The summed E-state index contributed by atoms with van der Waals surface area (Å²) in [6.07, 6.45) is 3.28. The van der Waals surface area contributed by atoms with Crippen LogP contribution in [-0.2, 0) is 4.79 Å². The summed E-state index contributed by atoms with van der Waals surface area (Å²) < 4.78 is 0. The lowest BCUT2D eigenvalue weighted by Gasteiger charge is -2.17. The lowest BCUT2D eigenvalue weighted by molar-refractivity contribution is -0.125. The van der Waals surface area contributed by atoms with Crippen LogP contribution in [0.15, 0.2) is 55.1 Å². The summed E-state index contributed by atoms with van der Waals surface area (Å²) in [5.41, 5.74) is 11.6. The Labute approximate surface area is 156 Å². The van der Waals surface area contributed by atoms with Gasteiger partial charge in [0.15, 0.2) is 0 Å². The van der Waals surface area contributed by atoms with Crippen LogP contribution in [0.1, 0.15) is 51.3 Å². The summed E-state index contributed by atoms with van der Waals surface area (Å²) in [5.74, 6) is -0.257. The Kier molecular flexibility index (Phi) is 9.43. The smallest absolute Gasteiger partial charge is 0.222 e. The van der Waals surface area contributed by atoms with Gasteiger partial charge in [-0.3, -0.25) is 4.79 Å². The van der Waals surface area contributed by atoms with E-state index in [-0.39, 0.29) is 11.3 Å². The molecule has 0 heterocycles. The molecule has 1 unspecified atom stereocenters. The van der Waals surface area contributed by atoms with Gasteiger partial charge in [-0.15, -0.1) is 0 Å². The second kappa shape index (κ2) is 10.2. The maximum absolute atomic E-state index is 10.2. The molecule has 0 fully saturated rings. The molecule has 1 atom stereocenters. The quantitative estimate of drug-likeness (QED) is 0.553. The highest BCUT2D eigenvalue weighted by molar-refractivity contribution is 6.58. The zero-order valence-electron chi connectivity index (χ0n) is 17.0. The minimum absolute atomic E-state index is 0.257. The van der Waals surface area contributed by atoms with E-state index >= 15 is 0 Å². The lowest BCUT2D eigenvalue weighted by atomic mass is 9.96. The minimum Gasteiger partial charge on any atom is -0.369 e. The summed E-state index contributed by atoms with van der Waals surface area (Å²) in [6.45, 7) is 21.6. The number of hydrogen-bond donors (Lipinski definition) is 1. The summed E-state index contributed by atoms with van der Waals surface area (Å²) in [4.78, 5) is 10.2. The third kappa shape index (κ3) is 6.87. The van der Waals surface area contributed by atoms with Crippen molar-refractivity contribution in [1.82, 2.24) is 0 Å². The van der Waals surface area contributed by atoms with Crippen LogP contribution in [-0.4, -0.2) is 14.7 Å². The molecule has 0 radical (unpaired) electrons. The predicted octanol–water partition coefficient (Wildman–Crippen LogP) is 5.48. The van der Waals surface area contributed by atoms with Crippen LogP contribution in [0.25, 0.3) is 5.57 Å². The Morgan fingerprint density at radius 3 is 1.92 bits per heavy atom. The number of fused-ring (bicyclic) bond motifs is 1. The minimum atomic E-state index is -0.614. The van der Waals surface area contributed by atoms with Gasteiger partial charge in [-0.25, -0.2) is 0 Å². The number of hydrogen-bond acceptors (Lipinski definition) is 1. The van der Waals surface area contributed by atoms with Gasteiger partial charge < -0.3 is 5.73 Å². The molecular weight excluding hydrogens is 322 g/mol. The highest BCUT2D eigenvalue weighted by Gasteiger charge is 2.28. The SMILES string of the molecule is C=CC=C.CC(C)(C)C(N)=O.CC1=C(C)C([SiH](C)C)c2ccccc21. The van der Waals surface area contributed by atoms with Crippen molar-refractivity contribution in [2.75, 3.05) is 0 Å². The maximum Gasteiger partial charge on any atom is 0.222 e. The first-order valence-corrected chi connectivity index (χ1v) is 11.8. The number of benzene rings is 1. The molecular formula is C22H35NOSi.